The highest BCUT2D eigenvalue weighted by Gasteiger charge is 2.33. The number of pyridine rings is 1. The molecule has 0 radical (unpaired) electrons. The molecule has 2 N–H and O–H groups in total. The summed E-state index contributed by atoms with van der Waals surface area (Å²) in [6, 6.07) is 8.04. The highest BCUT2D eigenvalue weighted by atomic mass is 16.5. The Bertz CT molecular complexity index is 1270. The third-order valence-corrected chi connectivity index (χ3v) is 7.14. The smallest absolute Gasteiger partial charge is 0.325 e. The molecule has 9 heteroatoms. The maximum Gasteiger partial charge on any atom is 0.325 e. The second-order valence-corrected chi connectivity index (χ2v) is 10.6. The van der Waals surface area contributed by atoms with Gasteiger partial charge >= 0.3 is 5.97 Å². The first kappa shape index (κ1) is 30.7. The standard InChI is InChI=1S/C31H40N4O5/c1-7-10-25(36)18-26(19(3)4)29(37)32-20(5)30(38)35-16-9-11-27(34-35)31(39)40-21(6)23-13-12-22-14-15-24(8-2)33-28(22)17-23/h7-8,12-15,17,19-21,26-27,34H,1-2,9-11,16,18H2,3-6H3,(H,32,37)/t20-,21+,26-,27-/m0/s1. The van der Waals surface area contributed by atoms with Gasteiger partial charge in [0.15, 0.2) is 0 Å². The zero-order valence-electron chi connectivity index (χ0n) is 23.8. The predicted octanol–water partition coefficient (Wildman–Crippen LogP) is 4.29. The molecule has 0 spiro atoms. The number of ether oxygens (including phenoxy) is 1. The normalized spacial score (nSPS) is 17.5. The molecule has 2 aromatic rings. The molecule has 2 amide bonds. The van der Waals surface area contributed by atoms with E-state index in [4.69, 9.17) is 4.74 Å². The molecular weight excluding hydrogens is 508 g/mol. The van der Waals surface area contributed by atoms with E-state index in [1.54, 1.807) is 19.9 Å². The molecule has 2 heterocycles. The Labute approximate surface area is 236 Å². The van der Waals surface area contributed by atoms with E-state index in [1.165, 1.54) is 11.1 Å². The Morgan fingerprint density at radius 1 is 1.15 bits per heavy atom. The number of rotatable bonds is 12. The van der Waals surface area contributed by atoms with Gasteiger partial charge in [-0.1, -0.05) is 44.7 Å². The van der Waals surface area contributed by atoms with Gasteiger partial charge in [-0.05, 0) is 56.4 Å². The lowest BCUT2D eigenvalue weighted by molar-refractivity contribution is -0.157. The van der Waals surface area contributed by atoms with Gasteiger partial charge < -0.3 is 10.1 Å². The molecule has 0 saturated carbocycles. The van der Waals surface area contributed by atoms with Crippen LogP contribution >= 0.6 is 0 Å². The van der Waals surface area contributed by atoms with Gasteiger partial charge in [-0.15, -0.1) is 6.58 Å². The monoisotopic (exact) mass is 548 g/mol. The molecule has 4 atom stereocenters. The van der Waals surface area contributed by atoms with Crippen molar-refractivity contribution in [2.75, 3.05) is 6.54 Å². The number of ketones is 1. The number of benzene rings is 1. The number of carbonyl (C=O) groups excluding carboxylic acids is 4. The molecule has 40 heavy (non-hydrogen) atoms. The third kappa shape index (κ3) is 7.85. The predicted molar refractivity (Wildman–Crippen MR) is 155 cm³/mol. The second-order valence-electron chi connectivity index (χ2n) is 10.6. The summed E-state index contributed by atoms with van der Waals surface area (Å²) in [7, 11) is 0. The van der Waals surface area contributed by atoms with Gasteiger partial charge in [0.1, 0.15) is 24.0 Å². The van der Waals surface area contributed by atoms with Crippen LogP contribution in [0.15, 0.2) is 49.6 Å². The quantitative estimate of drug-likeness (QED) is 0.300. The van der Waals surface area contributed by atoms with E-state index in [0.29, 0.717) is 19.4 Å². The lowest BCUT2D eigenvalue weighted by atomic mass is 9.89. The molecule has 1 aromatic heterocycles. The number of hydrogen-bond donors (Lipinski definition) is 2. The molecule has 1 aliphatic heterocycles. The van der Waals surface area contributed by atoms with Crippen LogP contribution in [0.1, 0.15) is 70.7 Å². The van der Waals surface area contributed by atoms with Crippen molar-refractivity contribution >= 4 is 40.5 Å². The number of allylic oxidation sites excluding steroid dienone is 1. The first-order chi connectivity index (χ1) is 19.0. The van der Waals surface area contributed by atoms with Crippen molar-refractivity contribution in [3.8, 4) is 0 Å². The summed E-state index contributed by atoms with van der Waals surface area (Å²) in [5.74, 6) is -1.87. The van der Waals surface area contributed by atoms with Crippen LogP contribution in [0.4, 0.5) is 0 Å². The maximum absolute atomic E-state index is 13.1. The molecule has 1 aliphatic rings. The molecule has 1 aromatic carbocycles. The summed E-state index contributed by atoms with van der Waals surface area (Å²) < 4.78 is 5.75. The van der Waals surface area contributed by atoms with Gasteiger partial charge in [0.2, 0.25) is 5.91 Å². The molecule has 3 rings (SSSR count). The summed E-state index contributed by atoms with van der Waals surface area (Å²) in [5, 5.41) is 5.09. The fourth-order valence-electron chi connectivity index (χ4n) is 4.69. The number of Topliss-reactive ketones (excluding diaryl/α,β-unsaturated/α-hetero) is 1. The molecule has 0 unspecified atom stereocenters. The Morgan fingerprint density at radius 2 is 1.88 bits per heavy atom. The number of hydrazine groups is 1. The van der Waals surface area contributed by atoms with Crippen LogP contribution in [0, 0.1) is 11.8 Å². The third-order valence-electron chi connectivity index (χ3n) is 7.14. The van der Waals surface area contributed by atoms with Crippen molar-refractivity contribution in [2.24, 2.45) is 11.8 Å². The zero-order valence-corrected chi connectivity index (χ0v) is 23.8. The van der Waals surface area contributed by atoms with Crippen LogP contribution in [0.5, 0.6) is 0 Å². The number of esters is 1. The van der Waals surface area contributed by atoms with E-state index in [2.05, 4.69) is 28.9 Å². The summed E-state index contributed by atoms with van der Waals surface area (Å²) in [4.78, 5) is 55.7. The van der Waals surface area contributed by atoms with Gasteiger partial charge in [-0.2, -0.15) is 0 Å². The van der Waals surface area contributed by atoms with Crippen LogP contribution in [-0.2, 0) is 23.9 Å². The van der Waals surface area contributed by atoms with E-state index >= 15 is 0 Å². The van der Waals surface area contributed by atoms with E-state index in [9.17, 15) is 19.2 Å². The van der Waals surface area contributed by atoms with Crippen molar-refractivity contribution in [1.29, 1.82) is 0 Å². The molecule has 0 aliphatic carbocycles. The van der Waals surface area contributed by atoms with Gasteiger partial charge in [-0.25, -0.2) is 10.4 Å². The number of hydrogen-bond acceptors (Lipinski definition) is 7. The average molecular weight is 549 g/mol. The summed E-state index contributed by atoms with van der Waals surface area (Å²) >= 11 is 0. The topological polar surface area (TPSA) is 118 Å². The number of fused-ring (bicyclic) bond motifs is 1. The molecule has 1 fully saturated rings. The molecule has 214 valence electrons. The Kier molecular flexibility index (Phi) is 10.7. The van der Waals surface area contributed by atoms with Crippen molar-refractivity contribution in [3.63, 3.8) is 0 Å². The average Bonchev–Trinajstić information content (AvgIpc) is 2.94. The fraction of sp³-hybridized carbons (Fsp3) is 0.452. The summed E-state index contributed by atoms with van der Waals surface area (Å²) in [6.07, 6.45) is 4.08. The Balaban J connectivity index is 1.59. The lowest BCUT2D eigenvalue weighted by Gasteiger charge is -2.35. The number of aromatic nitrogens is 1. The molecule has 9 nitrogen and oxygen atoms in total. The van der Waals surface area contributed by atoms with E-state index in [0.717, 1.165) is 22.2 Å². The minimum absolute atomic E-state index is 0.0717. The second kappa shape index (κ2) is 14.0. The fourth-order valence-corrected chi connectivity index (χ4v) is 4.69. The number of nitrogens with one attached hydrogen (secondary N) is 2. The van der Waals surface area contributed by atoms with Gasteiger partial charge in [0.25, 0.3) is 5.91 Å². The van der Waals surface area contributed by atoms with Crippen molar-refractivity contribution in [3.05, 3.63) is 60.8 Å². The Hall–Kier alpha value is -3.85. The van der Waals surface area contributed by atoms with Crippen LogP contribution in [-0.4, -0.2) is 52.2 Å². The first-order valence-electron chi connectivity index (χ1n) is 13.8. The van der Waals surface area contributed by atoms with Crippen LogP contribution < -0.4 is 10.7 Å². The summed E-state index contributed by atoms with van der Waals surface area (Å²) in [5.41, 5.74) is 5.33. The number of nitrogens with zero attached hydrogens (tertiary/aromatic N) is 2. The van der Waals surface area contributed by atoms with E-state index in [1.807, 2.05) is 44.2 Å². The highest BCUT2D eigenvalue weighted by Crippen LogP contribution is 2.24. The Morgan fingerprint density at radius 3 is 2.55 bits per heavy atom. The van der Waals surface area contributed by atoms with E-state index in [-0.39, 0.29) is 36.4 Å². The van der Waals surface area contributed by atoms with E-state index < -0.39 is 30.1 Å². The molecule has 0 bridgehead atoms. The minimum Gasteiger partial charge on any atom is -0.457 e. The van der Waals surface area contributed by atoms with Crippen molar-refractivity contribution in [1.82, 2.24) is 20.7 Å². The van der Waals surface area contributed by atoms with Crippen LogP contribution in [0.25, 0.3) is 17.0 Å². The SMILES string of the molecule is C=CCC(=O)C[C@H](C(=O)N[C@@H](C)C(=O)N1CCC[C@@H](C(=O)O[C@H](C)c2ccc3ccc(C=C)nc3c2)N1)C(C)C. The molecule has 1 saturated heterocycles. The van der Waals surface area contributed by atoms with Crippen LogP contribution in [0.2, 0.25) is 0 Å². The zero-order chi connectivity index (χ0) is 29.4. The lowest BCUT2D eigenvalue weighted by Crippen LogP contribution is -2.59. The van der Waals surface area contributed by atoms with Gasteiger partial charge in [0.05, 0.1) is 11.2 Å². The van der Waals surface area contributed by atoms with Crippen LogP contribution in [0.3, 0.4) is 0 Å². The van der Waals surface area contributed by atoms with Gasteiger partial charge in [0, 0.05) is 30.7 Å². The minimum atomic E-state index is -0.838. The van der Waals surface area contributed by atoms with Crippen molar-refractivity contribution < 1.29 is 23.9 Å². The molecular formula is C31H40N4O5. The number of amides is 2. The summed E-state index contributed by atoms with van der Waals surface area (Å²) in [6.45, 7) is 14.9. The maximum atomic E-state index is 13.1. The highest BCUT2D eigenvalue weighted by molar-refractivity contribution is 5.91. The number of carbonyl (C=O) groups is 4. The van der Waals surface area contributed by atoms with Gasteiger partial charge in [-0.3, -0.25) is 24.2 Å². The largest absolute Gasteiger partial charge is 0.457 e. The first-order valence-corrected chi connectivity index (χ1v) is 13.8. The van der Waals surface area contributed by atoms with Crippen molar-refractivity contribution in [2.45, 2.75) is 71.6 Å².